The summed E-state index contributed by atoms with van der Waals surface area (Å²) in [6.07, 6.45) is 3.91. The van der Waals surface area contributed by atoms with Crippen LogP contribution in [0.3, 0.4) is 0 Å². The van der Waals surface area contributed by atoms with Crippen LogP contribution in [0.4, 0.5) is 10.5 Å². The fourth-order valence-electron chi connectivity index (χ4n) is 5.56. The van der Waals surface area contributed by atoms with Gasteiger partial charge in [-0.3, -0.25) is 14.5 Å². The van der Waals surface area contributed by atoms with Gasteiger partial charge in [0.05, 0.1) is 5.92 Å². The molecule has 4 rings (SSSR count). The van der Waals surface area contributed by atoms with Gasteiger partial charge in [0.2, 0.25) is 11.8 Å². The first-order valence-corrected chi connectivity index (χ1v) is 12.7. The number of rotatable bonds is 5. The molecule has 1 aromatic rings. The van der Waals surface area contributed by atoms with Crippen LogP contribution in [0.1, 0.15) is 50.2 Å². The Balaban J connectivity index is 1.38. The van der Waals surface area contributed by atoms with Crippen LogP contribution in [0.15, 0.2) is 12.1 Å². The number of likely N-dealkylation sites (tertiary alicyclic amines) is 1. The molecule has 8 nitrogen and oxygen atoms in total. The van der Waals surface area contributed by atoms with E-state index in [4.69, 9.17) is 16.7 Å². The SMILES string of the molecule is Cc1c(CN2CCN(C(=O)C3CCCC3)C(C)C2)cc(Cl)cc1NC(=O)C1CCN(C(=O)O)C1. The lowest BCUT2D eigenvalue weighted by atomic mass is 10.0. The summed E-state index contributed by atoms with van der Waals surface area (Å²) in [5, 5.41) is 12.7. The van der Waals surface area contributed by atoms with Crippen LogP contribution in [0.25, 0.3) is 0 Å². The van der Waals surface area contributed by atoms with Gasteiger partial charge in [-0.2, -0.15) is 0 Å². The molecular formula is C25H35ClN4O4. The molecular weight excluding hydrogens is 456 g/mol. The zero-order valence-electron chi connectivity index (χ0n) is 20.1. The molecule has 2 atom stereocenters. The third kappa shape index (κ3) is 5.49. The molecule has 1 saturated carbocycles. The monoisotopic (exact) mass is 490 g/mol. The van der Waals surface area contributed by atoms with Crippen LogP contribution in [-0.2, 0) is 16.1 Å². The van der Waals surface area contributed by atoms with E-state index in [-0.39, 0.29) is 30.3 Å². The zero-order valence-corrected chi connectivity index (χ0v) is 20.8. The van der Waals surface area contributed by atoms with Gasteiger partial charge in [-0.25, -0.2) is 4.79 Å². The number of amides is 3. The van der Waals surface area contributed by atoms with Gasteiger partial charge in [0.25, 0.3) is 0 Å². The molecule has 186 valence electrons. The van der Waals surface area contributed by atoms with Crippen molar-refractivity contribution in [1.29, 1.82) is 0 Å². The van der Waals surface area contributed by atoms with Crippen LogP contribution in [-0.4, -0.2) is 76.5 Å². The van der Waals surface area contributed by atoms with Crippen molar-refractivity contribution in [3.8, 4) is 0 Å². The molecule has 0 aromatic heterocycles. The molecule has 2 heterocycles. The molecule has 0 spiro atoms. The summed E-state index contributed by atoms with van der Waals surface area (Å²) in [6.45, 7) is 7.74. The van der Waals surface area contributed by atoms with Gasteiger partial charge in [0, 0.05) is 61.9 Å². The van der Waals surface area contributed by atoms with Gasteiger partial charge >= 0.3 is 6.09 Å². The predicted molar refractivity (Wildman–Crippen MR) is 131 cm³/mol. The van der Waals surface area contributed by atoms with E-state index in [0.717, 1.165) is 56.4 Å². The quantitative estimate of drug-likeness (QED) is 0.654. The highest BCUT2D eigenvalue weighted by molar-refractivity contribution is 6.31. The Hall–Kier alpha value is -2.32. The Kier molecular flexibility index (Phi) is 7.67. The highest BCUT2D eigenvalue weighted by Crippen LogP contribution is 2.30. The lowest BCUT2D eigenvalue weighted by Crippen LogP contribution is -2.54. The van der Waals surface area contributed by atoms with Gasteiger partial charge in [-0.05, 0) is 56.4 Å². The standard InChI is InChI=1S/C25H35ClN4O4/c1-16-13-28(9-10-30(16)24(32)18-5-3-4-6-18)14-20-11-21(26)12-22(17(20)2)27-23(31)19-7-8-29(15-19)25(33)34/h11-12,16,18-19H,3-10,13-15H2,1-2H3,(H,27,31)(H,33,34). The Morgan fingerprint density at radius 1 is 1.06 bits per heavy atom. The van der Waals surface area contributed by atoms with Crippen molar-refractivity contribution in [2.75, 3.05) is 38.0 Å². The van der Waals surface area contributed by atoms with Crippen molar-refractivity contribution in [3.05, 3.63) is 28.3 Å². The van der Waals surface area contributed by atoms with Crippen LogP contribution < -0.4 is 5.32 Å². The van der Waals surface area contributed by atoms with E-state index in [2.05, 4.69) is 22.0 Å². The Morgan fingerprint density at radius 3 is 2.44 bits per heavy atom. The lowest BCUT2D eigenvalue weighted by Gasteiger charge is -2.41. The molecule has 9 heteroatoms. The topological polar surface area (TPSA) is 93.2 Å². The van der Waals surface area contributed by atoms with Gasteiger partial charge in [-0.15, -0.1) is 0 Å². The molecule has 2 saturated heterocycles. The zero-order chi connectivity index (χ0) is 24.4. The largest absolute Gasteiger partial charge is 0.465 e. The Labute approximate surface area is 206 Å². The molecule has 0 radical (unpaired) electrons. The van der Waals surface area contributed by atoms with E-state index in [1.165, 1.54) is 4.90 Å². The Morgan fingerprint density at radius 2 is 1.79 bits per heavy atom. The molecule has 1 aliphatic carbocycles. The number of carboxylic acid groups (broad SMARTS) is 1. The minimum atomic E-state index is -0.990. The van der Waals surface area contributed by atoms with Crippen molar-refractivity contribution >= 4 is 35.2 Å². The first-order valence-electron chi connectivity index (χ1n) is 12.3. The third-order valence-corrected chi connectivity index (χ3v) is 7.88. The van der Waals surface area contributed by atoms with Crippen molar-refractivity contribution in [2.24, 2.45) is 11.8 Å². The fourth-order valence-corrected chi connectivity index (χ4v) is 5.81. The Bertz CT molecular complexity index is 949. The van der Waals surface area contributed by atoms with Gasteiger partial charge in [0.1, 0.15) is 0 Å². The van der Waals surface area contributed by atoms with Gasteiger partial charge in [-0.1, -0.05) is 24.4 Å². The summed E-state index contributed by atoms with van der Waals surface area (Å²) < 4.78 is 0. The molecule has 3 fully saturated rings. The first kappa shape index (κ1) is 24.8. The number of anilines is 1. The normalized spacial score (nSPS) is 24.0. The van der Waals surface area contributed by atoms with E-state index in [1.807, 2.05) is 13.0 Å². The molecule has 2 N–H and O–H groups in total. The minimum Gasteiger partial charge on any atom is -0.465 e. The van der Waals surface area contributed by atoms with Crippen LogP contribution >= 0.6 is 11.6 Å². The van der Waals surface area contributed by atoms with Crippen LogP contribution in [0, 0.1) is 18.8 Å². The summed E-state index contributed by atoms with van der Waals surface area (Å²) >= 11 is 6.40. The smallest absolute Gasteiger partial charge is 0.407 e. The average molecular weight is 491 g/mol. The maximum atomic E-state index is 12.9. The molecule has 3 aliphatic rings. The van der Waals surface area contributed by atoms with E-state index >= 15 is 0 Å². The number of hydrogen-bond donors (Lipinski definition) is 2. The van der Waals surface area contributed by atoms with Crippen molar-refractivity contribution < 1.29 is 19.5 Å². The number of carbonyl (C=O) groups excluding carboxylic acids is 2. The van der Waals surface area contributed by atoms with Gasteiger partial charge in [0.15, 0.2) is 0 Å². The second kappa shape index (κ2) is 10.5. The summed E-state index contributed by atoms with van der Waals surface area (Å²) in [5.74, 6) is -0.00302. The number of carbonyl (C=O) groups is 3. The number of nitrogens with one attached hydrogen (secondary N) is 1. The second-order valence-electron chi connectivity index (χ2n) is 10.0. The number of halogens is 1. The average Bonchev–Trinajstić information content (AvgIpc) is 3.49. The number of piperazine rings is 1. The van der Waals surface area contributed by atoms with E-state index in [0.29, 0.717) is 36.1 Å². The predicted octanol–water partition coefficient (Wildman–Crippen LogP) is 3.81. The summed E-state index contributed by atoms with van der Waals surface area (Å²) in [5.41, 5.74) is 2.68. The van der Waals surface area contributed by atoms with E-state index < -0.39 is 6.09 Å². The van der Waals surface area contributed by atoms with Gasteiger partial charge < -0.3 is 20.2 Å². The molecule has 1 aromatic carbocycles. The maximum Gasteiger partial charge on any atom is 0.407 e. The van der Waals surface area contributed by atoms with Crippen LogP contribution in [0.2, 0.25) is 5.02 Å². The lowest BCUT2D eigenvalue weighted by molar-refractivity contribution is -0.140. The molecule has 2 aliphatic heterocycles. The highest BCUT2D eigenvalue weighted by Gasteiger charge is 2.34. The number of benzene rings is 1. The number of hydrogen-bond acceptors (Lipinski definition) is 4. The van der Waals surface area contributed by atoms with Crippen molar-refractivity contribution in [3.63, 3.8) is 0 Å². The van der Waals surface area contributed by atoms with Crippen molar-refractivity contribution in [2.45, 2.75) is 58.5 Å². The summed E-state index contributed by atoms with van der Waals surface area (Å²) in [4.78, 5) is 42.5. The highest BCUT2D eigenvalue weighted by atomic mass is 35.5. The molecule has 34 heavy (non-hydrogen) atoms. The first-order chi connectivity index (χ1) is 16.2. The maximum absolute atomic E-state index is 12.9. The summed E-state index contributed by atoms with van der Waals surface area (Å²) in [6, 6.07) is 3.86. The second-order valence-corrected chi connectivity index (χ2v) is 10.5. The van der Waals surface area contributed by atoms with Crippen molar-refractivity contribution in [1.82, 2.24) is 14.7 Å². The fraction of sp³-hybridized carbons (Fsp3) is 0.640. The summed E-state index contributed by atoms with van der Waals surface area (Å²) in [7, 11) is 0. The molecule has 0 bridgehead atoms. The van der Waals surface area contributed by atoms with E-state index in [1.54, 1.807) is 6.07 Å². The molecule has 3 amide bonds. The minimum absolute atomic E-state index is 0.167. The van der Waals surface area contributed by atoms with Crippen LogP contribution in [0.5, 0.6) is 0 Å². The third-order valence-electron chi connectivity index (χ3n) is 7.66. The number of nitrogens with zero attached hydrogens (tertiary/aromatic N) is 3. The van der Waals surface area contributed by atoms with E-state index in [9.17, 15) is 14.4 Å². The molecule has 2 unspecified atom stereocenters.